The summed E-state index contributed by atoms with van der Waals surface area (Å²) in [5.41, 5.74) is 5.30. The number of H-pyrrole nitrogens is 1. The van der Waals surface area contributed by atoms with Gasteiger partial charge in [-0.3, -0.25) is 9.89 Å². The van der Waals surface area contributed by atoms with Gasteiger partial charge in [-0.05, 0) is 36.8 Å². The van der Waals surface area contributed by atoms with Crippen molar-refractivity contribution in [2.75, 3.05) is 6.61 Å². The summed E-state index contributed by atoms with van der Waals surface area (Å²) in [7, 11) is 0. The highest BCUT2D eigenvalue weighted by molar-refractivity contribution is 5.94. The molecule has 2 N–H and O–H groups in total. The third-order valence-electron chi connectivity index (χ3n) is 3.70. The monoisotopic (exact) mass is 360 g/mol. The molecule has 0 radical (unpaired) electrons. The first kappa shape index (κ1) is 18.1. The largest absolute Gasteiger partial charge is 0.493 e. The second-order valence-corrected chi connectivity index (χ2v) is 5.58. The quantitative estimate of drug-likeness (QED) is 0.495. The van der Waals surface area contributed by atoms with Crippen LogP contribution in [0.25, 0.3) is 17.3 Å². The summed E-state index contributed by atoms with van der Waals surface area (Å²) >= 11 is 0. The minimum Gasteiger partial charge on any atom is -0.493 e. The molecule has 136 valence electrons. The Labute approximate surface area is 157 Å². The zero-order chi connectivity index (χ0) is 18.9. The molecule has 1 aromatic heterocycles. The lowest BCUT2D eigenvalue weighted by Crippen LogP contribution is -2.17. The molecule has 0 fully saturated rings. The number of amides is 1. The smallest absolute Gasteiger partial charge is 0.289 e. The molecule has 0 saturated carbocycles. The molecule has 6 heteroatoms. The van der Waals surface area contributed by atoms with Gasteiger partial charge < -0.3 is 4.74 Å². The van der Waals surface area contributed by atoms with E-state index >= 15 is 0 Å². The summed E-state index contributed by atoms with van der Waals surface area (Å²) in [6.07, 6.45) is 5.17. The third-order valence-corrected chi connectivity index (χ3v) is 3.70. The Balaban J connectivity index is 1.62. The van der Waals surface area contributed by atoms with E-state index in [1.807, 2.05) is 67.6 Å². The maximum absolute atomic E-state index is 12.2. The number of aromatic amines is 1. The molecular weight excluding hydrogens is 340 g/mol. The number of aromatic nitrogens is 2. The lowest BCUT2D eigenvalue weighted by atomic mass is 10.1. The topological polar surface area (TPSA) is 79.4 Å². The normalized spacial score (nSPS) is 11.1. The van der Waals surface area contributed by atoms with Crippen LogP contribution in [0.5, 0.6) is 5.75 Å². The van der Waals surface area contributed by atoms with Crippen molar-refractivity contribution in [3.05, 3.63) is 78.0 Å². The first-order valence-electron chi connectivity index (χ1n) is 8.60. The average Bonchev–Trinajstić information content (AvgIpc) is 3.19. The van der Waals surface area contributed by atoms with E-state index in [2.05, 4.69) is 20.7 Å². The van der Waals surface area contributed by atoms with Gasteiger partial charge in [0.1, 0.15) is 11.4 Å². The van der Waals surface area contributed by atoms with Crippen LogP contribution in [0, 0.1) is 0 Å². The van der Waals surface area contributed by atoms with Crippen LogP contribution in [-0.4, -0.2) is 28.9 Å². The van der Waals surface area contributed by atoms with Gasteiger partial charge in [0, 0.05) is 11.8 Å². The van der Waals surface area contributed by atoms with Crippen molar-refractivity contribution in [1.82, 2.24) is 15.6 Å². The Hall–Kier alpha value is -3.67. The fourth-order valence-corrected chi connectivity index (χ4v) is 2.45. The molecule has 3 rings (SSSR count). The minimum absolute atomic E-state index is 0.320. The molecule has 0 spiro atoms. The Bertz CT molecular complexity index is 946. The number of hydrogen-bond acceptors (Lipinski definition) is 4. The molecule has 6 nitrogen and oxygen atoms in total. The molecule has 0 unspecified atom stereocenters. The summed E-state index contributed by atoms with van der Waals surface area (Å²) in [5, 5.41) is 10.8. The second-order valence-electron chi connectivity index (χ2n) is 5.58. The van der Waals surface area contributed by atoms with Gasteiger partial charge in [-0.15, -0.1) is 0 Å². The first-order chi connectivity index (χ1) is 13.3. The van der Waals surface area contributed by atoms with Crippen LogP contribution in [-0.2, 0) is 0 Å². The van der Waals surface area contributed by atoms with Gasteiger partial charge in [0.2, 0.25) is 0 Å². The van der Waals surface area contributed by atoms with Gasteiger partial charge in [0.15, 0.2) is 0 Å². The van der Waals surface area contributed by atoms with Crippen LogP contribution < -0.4 is 10.2 Å². The predicted molar refractivity (Wildman–Crippen MR) is 107 cm³/mol. The Morgan fingerprint density at radius 2 is 1.96 bits per heavy atom. The Morgan fingerprint density at radius 1 is 1.19 bits per heavy atom. The third kappa shape index (κ3) is 4.92. The van der Waals surface area contributed by atoms with Gasteiger partial charge in [-0.25, -0.2) is 5.43 Å². The molecule has 0 aliphatic rings. The van der Waals surface area contributed by atoms with Crippen LogP contribution in [0.1, 0.15) is 23.0 Å². The van der Waals surface area contributed by atoms with Crippen LogP contribution in [0.2, 0.25) is 0 Å². The van der Waals surface area contributed by atoms with Gasteiger partial charge >= 0.3 is 0 Å². The number of nitrogens with zero attached hydrogens (tertiary/aromatic N) is 2. The number of carbonyl (C=O) groups excluding carboxylic acids is 1. The zero-order valence-electron chi connectivity index (χ0n) is 14.9. The van der Waals surface area contributed by atoms with Crippen molar-refractivity contribution in [2.24, 2.45) is 5.10 Å². The van der Waals surface area contributed by atoms with E-state index in [0.717, 1.165) is 16.9 Å². The molecule has 0 aliphatic heterocycles. The van der Waals surface area contributed by atoms with Gasteiger partial charge in [0.05, 0.1) is 12.3 Å². The van der Waals surface area contributed by atoms with E-state index in [0.29, 0.717) is 18.0 Å². The van der Waals surface area contributed by atoms with E-state index in [-0.39, 0.29) is 5.91 Å². The van der Waals surface area contributed by atoms with E-state index in [9.17, 15) is 4.79 Å². The van der Waals surface area contributed by atoms with Crippen LogP contribution in [0.15, 0.2) is 71.8 Å². The number of benzene rings is 2. The number of carbonyl (C=O) groups is 1. The van der Waals surface area contributed by atoms with Crippen molar-refractivity contribution < 1.29 is 9.53 Å². The number of hydrogen-bond donors (Lipinski definition) is 2. The summed E-state index contributed by atoms with van der Waals surface area (Å²) in [6.45, 7) is 2.48. The molecule has 2 aromatic carbocycles. The van der Waals surface area contributed by atoms with Crippen LogP contribution in [0.3, 0.4) is 0 Å². The Morgan fingerprint density at radius 3 is 2.78 bits per heavy atom. The number of rotatable bonds is 7. The second kappa shape index (κ2) is 9.15. The molecule has 0 atom stereocenters. The molecule has 0 aliphatic carbocycles. The maximum Gasteiger partial charge on any atom is 0.289 e. The fourth-order valence-electron chi connectivity index (χ4n) is 2.45. The number of allylic oxidation sites excluding steroid dienone is 1. The predicted octanol–water partition coefficient (Wildman–Crippen LogP) is 3.90. The summed E-state index contributed by atoms with van der Waals surface area (Å²) < 4.78 is 5.60. The van der Waals surface area contributed by atoms with E-state index in [4.69, 9.17) is 4.74 Å². The van der Waals surface area contributed by atoms with Crippen LogP contribution >= 0.6 is 0 Å². The number of hydrazone groups is 1. The molecule has 27 heavy (non-hydrogen) atoms. The molecule has 1 heterocycles. The fraction of sp³-hybridized carbons (Fsp3) is 0.0952. The van der Waals surface area contributed by atoms with E-state index in [1.165, 1.54) is 6.21 Å². The van der Waals surface area contributed by atoms with Crippen molar-refractivity contribution in [2.45, 2.75) is 6.92 Å². The maximum atomic E-state index is 12.2. The number of nitrogens with one attached hydrogen (secondary N) is 2. The first-order valence-corrected chi connectivity index (χ1v) is 8.60. The summed E-state index contributed by atoms with van der Waals surface area (Å²) in [5.74, 6) is 0.356. The molecular formula is C21H20N4O2. The lowest BCUT2D eigenvalue weighted by Gasteiger charge is -2.07. The van der Waals surface area contributed by atoms with E-state index < -0.39 is 0 Å². The van der Waals surface area contributed by atoms with Gasteiger partial charge in [0.25, 0.3) is 5.91 Å². The average molecular weight is 360 g/mol. The lowest BCUT2D eigenvalue weighted by molar-refractivity contribution is 0.0950. The highest BCUT2D eigenvalue weighted by Gasteiger charge is 2.13. The summed E-state index contributed by atoms with van der Waals surface area (Å²) in [6, 6.07) is 19.1. The molecule has 0 bridgehead atoms. The minimum atomic E-state index is -0.369. The van der Waals surface area contributed by atoms with Crippen LogP contribution in [0.4, 0.5) is 0 Å². The number of ether oxygens (including phenoxy) is 1. The van der Waals surface area contributed by atoms with Crippen molar-refractivity contribution in [1.29, 1.82) is 0 Å². The highest BCUT2D eigenvalue weighted by atomic mass is 16.5. The highest BCUT2D eigenvalue weighted by Crippen LogP contribution is 2.28. The van der Waals surface area contributed by atoms with E-state index in [1.54, 1.807) is 12.1 Å². The molecule has 0 saturated heterocycles. The SMILES string of the molecule is CCOc1ccccc1-c1cc(C(=O)NN=CC=Cc2ccccc2)[nH]n1. The van der Waals surface area contributed by atoms with Gasteiger partial charge in [-0.1, -0.05) is 48.5 Å². The zero-order valence-corrected chi connectivity index (χ0v) is 14.9. The molecule has 3 aromatic rings. The number of para-hydroxylation sites is 1. The standard InChI is InChI=1S/C21H20N4O2/c1-2-27-20-13-7-6-12-17(20)18-15-19(24-23-18)21(26)25-22-14-8-11-16-9-4-3-5-10-16/h3-15H,2H2,1H3,(H,23,24)(H,25,26). The molecule has 1 amide bonds. The van der Waals surface area contributed by atoms with Crippen molar-refractivity contribution >= 4 is 18.2 Å². The summed E-state index contributed by atoms with van der Waals surface area (Å²) in [4.78, 5) is 12.2. The van der Waals surface area contributed by atoms with Crippen molar-refractivity contribution in [3.63, 3.8) is 0 Å². The van der Waals surface area contributed by atoms with Crippen molar-refractivity contribution in [3.8, 4) is 17.0 Å². The van der Waals surface area contributed by atoms with Gasteiger partial charge in [-0.2, -0.15) is 10.2 Å². The Kier molecular flexibility index (Phi) is 6.14.